The molecule has 0 saturated heterocycles. The zero-order valence-corrected chi connectivity index (χ0v) is 20.0. The van der Waals surface area contributed by atoms with Gasteiger partial charge in [0, 0.05) is 23.6 Å². The van der Waals surface area contributed by atoms with Crippen molar-refractivity contribution in [2.45, 2.75) is 90.9 Å². The first kappa shape index (κ1) is 25.9. The van der Waals surface area contributed by atoms with Crippen LogP contribution in [0.2, 0.25) is 0 Å². The van der Waals surface area contributed by atoms with Gasteiger partial charge in [-0.3, -0.25) is 9.59 Å². The SMILES string of the molecule is CCCCCCCCC(=O)COc1cccc2c(OCC(=O)CCCCCC)cccc12. The van der Waals surface area contributed by atoms with Crippen LogP contribution in [0.25, 0.3) is 10.8 Å². The lowest BCUT2D eigenvalue weighted by atomic mass is 10.1. The first-order valence-corrected chi connectivity index (χ1v) is 12.5. The molecule has 0 unspecified atom stereocenters. The Labute approximate surface area is 193 Å². The summed E-state index contributed by atoms with van der Waals surface area (Å²) in [6.07, 6.45) is 12.5. The van der Waals surface area contributed by atoms with Crippen molar-refractivity contribution in [1.29, 1.82) is 0 Å². The van der Waals surface area contributed by atoms with Gasteiger partial charge in [-0.25, -0.2) is 0 Å². The fourth-order valence-electron chi connectivity index (χ4n) is 3.82. The molecule has 4 nitrogen and oxygen atoms in total. The summed E-state index contributed by atoms with van der Waals surface area (Å²) in [5, 5.41) is 1.79. The number of ketones is 2. The number of fused-ring (bicyclic) bond motifs is 1. The Kier molecular flexibility index (Phi) is 12.5. The predicted molar refractivity (Wildman–Crippen MR) is 132 cm³/mol. The molecule has 32 heavy (non-hydrogen) atoms. The van der Waals surface area contributed by atoms with E-state index in [1.807, 2.05) is 36.4 Å². The Hall–Kier alpha value is -2.36. The van der Waals surface area contributed by atoms with Crippen LogP contribution in [0.1, 0.15) is 90.9 Å². The first-order valence-electron chi connectivity index (χ1n) is 12.5. The van der Waals surface area contributed by atoms with Gasteiger partial charge in [-0.2, -0.15) is 0 Å². The Morgan fingerprint density at radius 2 is 1.00 bits per heavy atom. The third kappa shape index (κ3) is 9.42. The lowest BCUT2D eigenvalue weighted by Gasteiger charge is -2.12. The van der Waals surface area contributed by atoms with Crippen LogP contribution in [0.3, 0.4) is 0 Å². The molecule has 0 atom stereocenters. The van der Waals surface area contributed by atoms with E-state index in [1.165, 1.54) is 32.1 Å². The van der Waals surface area contributed by atoms with Crippen molar-refractivity contribution >= 4 is 22.3 Å². The molecule has 0 aliphatic rings. The summed E-state index contributed by atoms with van der Waals surface area (Å²) in [7, 11) is 0. The van der Waals surface area contributed by atoms with Crippen molar-refractivity contribution in [3.8, 4) is 11.5 Å². The fraction of sp³-hybridized carbons (Fsp3) is 0.571. The number of benzene rings is 2. The summed E-state index contributed by atoms with van der Waals surface area (Å²) in [6, 6.07) is 11.5. The second-order valence-electron chi connectivity index (χ2n) is 8.59. The number of Topliss-reactive ketones (excluding diaryl/α,β-unsaturated/α-hetero) is 2. The average Bonchev–Trinajstić information content (AvgIpc) is 2.81. The van der Waals surface area contributed by atoms with Gasteiger partial charge in [0.15, 0.2) is 11.6 Å². The second kappa shape index (κ2) is 15.4. The molecule has 0 aliphatic heterocycles. The summed E-state index contributed by atoms with van der Waals surface area (Å²) in [5.41, 5.74) is 0. The molecule has 0 aromatic heterocycles. The van der Waals surface area contributed by atoms with Crippen molar-refractivity contribution in [2.24, 2.45) is 0 Å². The number of ether oxygens (including phenoxy) is 2. The minimum Gasteiger partial charge on any atom is -0.485 e. The molecule has 0 bridgehead atoms. The van der Waals surface area contributed by atoms with E-state index in [2.05, 4.69) is 13.8 Å². The highest BCUT2D eigenvalue weighted by atomic mass is 16.5. The van der Waals surface area contributed by atoms with Crippen LogP contribution >= 0.6 is 0 Å². The first-order chi connectivity index (χ1) is 15.7. The van der Waals surface area contributed by atoms with Gasteiger partial charge in [-0.15, -0.1) is 0 Å². The predicted octanol–water partition coefficient (Wildman–Crippen LogP) is 7.46. The highest BCUT2D eigenvalue weighted by molar-refractivity contribution is 5.93. The summed E-state index contributed by atoms with van der Waals surface area (Å²) in [5.74, 6) is 1.62. The van der Waals surface area contributed by atoms with E-state index in [9.17, 15) is 9.59 Å². The molecule has 176 valence electrons. The number of carbonyl (C=O) groups excluding carboxylic acids is 2. The summed E-state index contributed by atoms with van der Waals surface area (Å²) in [4.78, 5) is 24.4. The fourth-order valence-corrected chi connectivity index (χ4v) is 3.82. The molecular weight excluding hydrogens is 400 g/mol. The highest BCUT2D eigenvalue weighted by Crippen LogP contribution is 2.32. The van der Waals surface area contributed by atoms with Gasteiger partial charge >= 0.3 is 0 Å². The van der Waals surface area contributed by atoms with E-state index in [-0.39, 0.29) is 24.8 Å². The molecular formula is C28H40O4. The lowest BCUT2D eigenvalue weighted by Crippen LogP contribution is -2.12. The van der Waals surface area contributed by atoms with E-state index >= 15 is 0 Å². The Balaban J connectivity index is 1.85. The van der Waals surface area contributed by atoms with Gasteiger partial charge in [0.25, 0.3) is 0 Å². The minimum absolute atomic E-state index is 0.0903. The second-order valence-corrected chi connectivity index (χ2v) is 8.59. The van der Waals surface area contributed by atoms with Gasteiger partial charge in [-0.05, 0) is 25.0 Å². The van der Waals surface area contributed by atoms with Gasteiger partial charge in [0.2, 0.25) is 0 Å². The van der Waals surface area contributed by atoms with Crippen LogP contribution in [0.15, 0.2) is 36.4 Å². The largest absolute Gasteiger partial charge is 0.485 e. The normalized spacial score (nSPS) is 10.9. The quantitative estimate of drug-likeness (QED) is 0.226. The third-order valence-electron chi connectivity index (χ3n) is 5.74. The van der Waals surface area contributed by atoms with Crippen LogP contribution in [0.4, 0.5) is 0 Å². The van der Waals surface area contributed by atoms with Crippen molar-refractivity contribution in [2.75, 3.05) is 13.2 Å². The molecule has 4 heteroatoms. The maximum Gasteiger partial charge on any atom is 0.170 e. The zero-order valence-electron chi connectivity index (χ0n) is 20.0. The van der Waals surface area contributed by atoms with E-state index in [0.717, 1.165) is 42.9 Å². The lowest BCUT2D eigenvalue weighted by molar-refractivity contribution is -0.121. The molecule has 2 rings (SSSR count). The van der Waals surface area contributed by atoms with Crippen molar-refractivity contribution in [3.63, 3.8) is 0 Å². The van der Waals surface area contributed by atoms with Crippen LogP contribution in [0.5, 0.6) is 11.5 Å². The van der Waals surface area contributed by atoms with E-state index in [0.29, 0.717) is 24.3 Å². The average molecular weight is 441 g/mol. The summed E-state index contributed by atoms with van der Waals surface area (Å²) in [6.45, 7) is 4.55. The van der Waals surface area contributed by atoms with Crippen LogP contribution in [-0.4, -0.2) is 24.8 Å². The number of hydrogen-bond acceptors (Lipinski definition) is 4. The summed E-state index contributed by atoms with van der Waals surface area (Å²) >= 11 is 0. The Morgan fingerprint density at radius 3 is 1.47 bits per heavy atom. The molecule has 0 spiro atoms. The smallest absolute Gasteiger partial charge is 0.170 e. The Bertz CT molecular complexity index is 827. The Morgan fingerprint density at radius 1 is 0.594 bits per heavy atom. The van der Waals surface area contributed by atoms with E-state index in [1.54, 1.807) is 0 Å². The van der Waals surface area contributed by atoms with Gasteiger partial charge in [0.05, 0.1) is 0 Å². The van der Waals surface area contributed by atoms with E-state index < -0.39 is 0 Å². The van der Waals surface area contributed by atoms with Gasteiger partial charge in [-0.1, -0.05) is 89.5 Å². The van der Waals surface area contributed by atoms with Crippen molar-refractivity contribution < 1.29 is 19.1 Å². The van der Waals surface area contributed by atoms with Gasteiger partial charge < -0.3 is 9.47 Å². The summed E-state index contributed by atoms with van der Waals surface area (Å²) < 4.78 is 11.7. The minimum atomic E-state index is 0.0903. The maximum absolute atomic E-state index is 12.2. The molecule has 2 aromatic carbocycles. The standard InChI is InChI=1S/C28H40O4/c1-3-5-7-9-10-12-16-24(30)22-32-28-20-14-17-25-26(28)18-13-19-27(25)31-21-23(29)15-11-8-6-4-2/h13-14,17-20H,3-12,15-16,21-22H2,1-2H3. The number of unbranched alkanes of at least 4 members (excludes halogenated alkanes) is 8. The zero-order chi connectivity index (χ0) is 23.0. The molecule has 0 heterocycles. The van der Waals surface area contributed by atoms with Crippen LogP contribution < -0.4 is 9.47 Å². The number of carbonyl (C=O) groups is 2. The monoisotopic (exact) mass is 440 g/mol. The van der Waals surface area contributed by atoms with Crippen LogP contribution in [-0.2, 0) is 9.59 Å². The molecule has 0 radical (unpaired) electrons. The number of hydrogen-bond donors (Lipinski definition) is 0. The van der Waals surface area contributed by atoms with Crippen LogP contribution in [0, 0.1) is 0 Å². The third-order valence-corrected chi connectivity index (χ3v) is 5.74. The molecule has 0 amide bonds. The van der Waals surface area contributed by atoms with Gasteiger partial charge in [0.1, 0.15) is 24.7 Å². The van der Waals surface area contributed by atoms with Crippen molar-refractivity contribution in [3.05, 3.63) is 36.4 Å². The molecule has 0 aliphatic carbocycles. The topological polar surface area (TPSA) is 52.6 Å². The van der Waals surface area contributed by atoms with E-state index in [4.69, 9.17) is 9.47 Å². The number of rotatable bonds is 18. The molecule has 0 saturated carbocycles. The molecule has 0 fully saturated rings. The molecule has 0 N–H and O–H groups in total. The highest BCUT2D eigenvalue weighted by Gasteiger charge is 2.10. The maximum atomic E-state index is 12.2. The van der Waals surface area contributed by atoms with Crippen molar-refractivity contribution in [1.82, 2.24) is 0 Å². The molecule has 2 aromatic rings.